The van der Waals surface area contributed by atoms with Crippen LogP contribution in [0.2, 0.25) is 0 Å². The average Bonchev–Trinajstić information content (AvgIpc) is 3.05. The van der Waals surface area contributed by atoms with Crippen molar-refractivity contribution >= 4 is 39.1 Å². The normalized spacial score (nSPS) is 10.4. The third-order valence-corrected chi connectivity index (χ3v) is 4.53. The number of carbonyl (C=O) groups excluding carboxylic acids is 2. The van der Waals surface area contributed by atoms with Crippen LogP contribution in [0, 0.1) is 0 Å². The fourth-order valence-electron chi connectivity index (χ4n) is 1.77. The zero-order chi connectivity index (χ0) is 16.8. The van der Waals surface area contributed by atoms with Crippen LogP contribution in [0.1, 0.15) is 35.0 Å². The molecular formula is C16H17BrN2O3S. The fourth-order valence-corrected chi connectivity index (χ4v) is 2.90. The summed E-state index contributed by atoms with van der Waals surface area (Å²) in [4.78, 5) is 23.9. The molecule has 0 bridgehead atoms. The Hall–Kier alpha value is -1.86. The van der Waals surface area contributed by atoms with Gasteiger partial charge in [0.1, 0.15) is 5.75 Å². The summed E-state index contributed by atoms with van der Waals surface area (Å²) in [6, 6.07) is 9.19. The number of rotatable bonds is 5. The molecule has 5 nitrogen and oxygen atoms in total. The highest BCUT2D eigenvalue weighted by atomic mass is 79.9. The smallest absolute Gasteiger partial charge is 0.279 e. The molecule has 0 atom stereocenters. The summed E-state index contributed by atoms with van der Waals surface area (Å²) in [5, 5.41) is 1.79. The Morgan fingerprint density at radius 1 is 1.26 bits per heavy atom. The van der Waals surface area contributed by atoms with Crippen molar-refractivity contribution in [1.29, 1.82) is 0 Å². The lowest BCUT2D eigenvalue weighted by molar-refractivity contribution is -0.123. The fraction of sp³-hybridized carbons (Fsp3) is 0.250. The second-order valence-electron chi connectivity index (χ2n) is 5.11. The lowest BCUT2D eigenvalue weighted by atomic mass is 10.0. The van der Waals surface area contributed by atoms with Gasteiger partial charge in [-0.3, -0.25) is 20.4 Å². The predicted molar refractivity (Wildman–Crippen MR) is 93.7 cm³/mol. The van der Waals surface area contributed by atoms with Crippen LogP contribution >= 0.6 is 27.3 Å². The number of hydrogen-bond acceptors (Lipinski definition) is 4. The zero-order valence-electron chi connectivity index (χ0n) is 12.8. The quantitative estimate of drug-likeness (QED) is 0.760. The molecule has 0 saturated carbocycles. The summed E-state index contributed by atoms with van der Waals surface area (Å²) in [5.74, 6) is 0.204. The number of carbonyl (C=O) groups is 2. The third-order valence-electron chi connectivity index (χ3n) is 3.04. The molecule has 0 unspecified atom stereocenters. The number of hydrogen-bond donors (Lipinski definition) is 2. The van der Waals surface area contributed by atoms with E-state index in [0.29, 0.717) is 16.5 Å². The van der Waals surface area contributed by atoms with E-state index in [1.165, 1.54) is 16.9 Å². The molecule has 2 N–H and O–H groups in total. The van der Waals surface area contributed by atoms with Crippen LogP contribution in [-0.2, 0) is 4.79 Å². The average molecular weight is 397 g/mol. The second-order valence-corrected chi connectivity index (χ2v) is 6.91. The van der Waals surface area contributed by atoms with E-state index >= 15 is 0 Å². The lowest BCUT2D eigenvalue weighted by Gasteiger charge is -2.11. The first-order valence-electron chi connectivity index (χ1n) is 7.02. The molecule has 0 aliphatic carbocycles. The zero-order valence-corrected chi connectivity index (χ0v) is 15.2. The van der Waals surface area contributed by atoms with Gasteiger partial charge in [-0.25, -0.2) is 0 Å². The second kappa shape index (κ2) is 8.12. The summed E-state index contributed by atoms with van der Waals surface area (Å²) in [6.45, 7) is 4.02. The van der Waals surface area contributed by atoms with Crippen LogP contribution in [0.4, 0.5) is 0 Å². The topological polar surface area (TPSA) is 67.4 Å². The van der Waals surface area contributed by atoms with Crippen molar-refractivity contribution in [3.8, 4) is 5.75 Å². The van der Waals surface area contributed by atoms with Crippen molar-refractivity contribution in [2.24, 2.45) is 0 Å². The van der Waals surface area contributed by atoms with Gasteiger partial charge in [-0.2, -0.15) is 0 Å². The number of amides is 2. The maximum absolute atomic E-state index is 11.7. The molecule has 1 aromatic carbocycles. The van der Waals surface area contributed by atoms with Gasteiger partial charge in [0.05, 0.1) is 9.35 Å². The van der Waals surface area contributed by atoms with Crippen LogP contribution in [0.3, 0.4) is 0 Å². The molecule has 0 spiro atoms. The first-order chi connectivity index (χ1) is 11.0. The van der Waals surface area contributed by atoms with E-state index < -0.39 is 5.91 Å². The maximum atomic E-state index is 11.7. The van der Waals surface area contributed by atoms with Crippen LogP contribution < -0.4 is 15.6 Å². The highest BCUT2D eigenvalue weighted by Gasteiger charge is 2.10. The minimum atomic E-state index is -0.435. The van der Waals surface area contributed by atoms with Crippen LogP contribution in [0.15, 0.2) is 40.2 Å². The number of hydrazine groups is 1. The van der Waals surface area contributed by atoms with E-state index in [-0.39, 0.29) is 12.5 Å². The van der Waals surface area contributed by atoms with E-state index in [2.05, 4.69) is 40.6 Å². The van der Waals surface area contributed by atoms with Gasteiger partial charge >= 0.3 is 0 Å². The molecule has 2 rings (SSSR count). The summed E-state index contributed by atoms with van der Waals surface area (Å²) < 4.78 is 6.24. The first-order valence-corrected chi connectivity index (χ1v) is 8.69. The lowest BCUT2D eigenvalue weighted by Crippen LogP contribution is -2.43. The number of thiophene rings is 1. The number of ether oxygens (including phenoxy) is 1. The minimum Gasteiger partial charge on any atom is -0.483 e. The Balaban J connectivity index is 1.81. The van der Waals surface area contributed by atoms with Crippen LogP contribution in [-0.4, -0.2) is 18.4 Å². The highest BCUT2D eigenvalue weighted by Crippen LogP contribution is 2.28. The number of nitrogens with one attached hydrogen (secondary N) is 2. The third kappa shape index (κ3) is 5.07. The van der Waals surface area contributed by atoms with Gasteiger partial charge in [0.15, 0.2) is 6.61 Å². The van der Waals surface area contributed by atoms with Gasteiger partial charge in [0, 0.05) is 0 Å². The number of benzene rings is 1. The van der Waals surface area contributed by atoms with Crippen molar-refractivity contribution < 1.29 is 14.3 Å². The largest absolute Gasteiger partial charge is 0.483 e. The monoisotopic (exact) mass is 396 g/mol. The van der Waals surface area contributed by atoms with Crippen molar-refractivity contribution in [2.75, 3.05) is 6.61 Å². The van der Waals surface area contributed by atoms with Gasteiger partial charge in [-0.15, -0.1) is 11.3 Å². The van der Waals surface area contributed by atoms with Gasteiger partial charge < -0.3 is 4.74 Å². The summed E-state index contributed by atoms with van der Waals surface area (Å²) >= 11 is 4.73. The Labute approximate surface area is 147 Å². The molecular weight excluding hydrogens is 380 g/mol. The molecule has 7 heteroatoms. The molecule has 1 heterocycles. The predicted octanol–water partition coefficient (Wildman–Crippen LogP) is 3.47. The highest BCUT2D eigenvalue weighted by molar-refractivity contribution is 9.10. The van der Waals surface area contributed by atoms with E-state index in [1.54, 1.807) is 17.5 Å². The first kappa shape index (κ1) is 17.5. The SMILES string of the molecule is CC(C)c1ccc(OCC(=O)NNC(=O)c2cccs2)c(Br)c1. The van der Waals surface area contributed by atoms with Gasteiger partial charge in [0.25, 0.3) is 11.8 Å². The molecule has 122 valence electrons. The molecule has 1 aromatic heterocycles. The van der Waals surface area contributed by atoms with Gasteiger partial charge in [0.2, 0.25) is 0 Å². The molecule has 23 heavy (non-hydrogen) atoms. The standard InChI is InChI=1S/C16H17BrN2O3S/c1-10(2)11-5-6-13(12(17)8-11)22-9-15(20)18-19-16(21)14-4-3-7-23-14/h3-8,10H,9H2,1-2H3,(H,18,20)(H,19,21). The van der Waals surface area contributed by atoms with E-state index in [1.807, 2.05) is 18.2 Å². The minimum absolute atomic E-state index is 0.190. The number of halogens is 1. The molecule has 0 aliphatic heterocycles. The maximum Gasteiger partial charge on any atom is 0.279 e. The van der Waals surface area contributed by atoms with Gasteiger partial charge in [-0.05, 0) is 51.0 Å². The summed E-state index contributed by atoms with van der Waals surface area (Å²) in [6.07, 6.45) is 0. The van der Waals surface area contributed by atoms with Crippen LogP contribution in [0.25, 0.3) is 0 Å². The van der Waals surface area contributed by atoms with Crippen molar-refractivity contribution in [1.82, 2.24) is 10.9 Å². The Bertz CT molecular complexity index is 687. The van der Waals surface area contributed by atoms with E-state index in [0.717, 1.165) is 4.47 Å². The van der Waals surface area contributed by atoms with Crippen molar-refractivity contribution in [2.45, 2.75) is 19.8 Å². The van der Waals surface area contributed by atoms with Crippen molar-refractivity contribution in [3.05, 3.63) is 50.6 Å². The van der Waals surface area contributed by atoms with Crippen molar-refractivity contribution in [3.63, 3.8) is 0 Å². The molecule has 2 amide bonds. The molecule has 0 aliphatic rings. The summed E-state index contributed by atoms with van der Waals surface area (Å²) in [5.41, 5.74) is 5.84. The molecule has 0 radical (unpaired) electrons. The molecule has 2 aromatic rings. The van der Waals surface area contributed by atoms with Crippen LogP contribution in [0.5, 0.6) is 5.75 Å². The van der Waals surface area contributed by atoms with Gasteiger partial charge in [-0.1, -0.05) is 26.0 Å². The van der Waals surface area contributed by atoms with E-state index in [4.69, 9.17) is 4.74 Å². The Morgan fingerprint density at radius 3 is 2.65 bits per heavy atom. The summed E-state index contributed by atoms with van der Waals surface area (Å²) in [7, 11) is 0. The molecule has 0 fully saturated rings. The van der Waals surface area contributed by atoms with E-state index in [9.17, 15) is 9.59 Å². The molecule has 0 saturated heterocycles. The Morgan fingerprint density at radius 2 is 2.04 bits per heavy atom. The Kier molecular flexibility index (Phi) is 6.18.